The molecule has 0 aliphatic rings. The van der Waals surface area contributed by atoms with Crippen LogP contribution in [-0.2, 0) is 0 Å². The number of fused-ring (bicyclic) bond motifs is 7. The van der Waals surface area contributed by atoms with E-state index in [1.165, 1.54) is 50.8 Å². The fraction of sp³-hybridized carbons (Fsp3) is 0. The van der Waals surface area contributed by atoms with Gasteiger partial charge in [-0.2, -0.15) is 0 Å². The van der Waals surface area contributed by atoms with Crippen LogP contribution in [0, 0.1) is 0 Å². The van der Waals surface area contributed by atoms with Crippen LogP contribution in [-0.4, -0.2) is 19.9 Å². The van der Waals surface area contributed by atoms with Crippen molar-refractivity contribution in [3.05, 3.63) is 158 Å². The molecule has 0 saturated carbocycles. The molecule has 11 rings (SSSR count). The number of aromatic nitrogens is 4. The molecule has 7 aromatic carbocycles. The van der Waals surface area contributed by atoms with Crippen LogP contribution in [0.2, 0.25) is 0 Å². The van der Waals surface area contributed by atoms with E-state index in [1.54, 1.807) is 22.7 Å². The van der Waals surface area contributed by atoms with Gasteiger partial charge >= 0.3 is 0 Å². The molecular formula is C46H26N4S3. The predicted octanol–water partition coefficient (Wildman–Crippen LogP) is 13.6. The molecule has 0 N–H and O–H groups in total. The van der Waals surface area contributed by atoms with E-state index in [4.69, 9.17) is 19.9 Å². The van der Waals surface area contributed by atoms with Crippen molar-refractivity contribution in [3.63, 3.8) is 0 Å². The minimum atomic E-state index is 0.661. The average Bonchev–Trinajstić information content (AvgIpc) is 3.94. The summed E-state index contributed by atoms with van der Waals surface area (Å²) >= 11 is 5.34. The molecule has 0 aliphatic heterocycles. The van der Waals surface area contributed by atoms with Crippen molar-refractivity contribution in [3.8, 4) is 55.9 Å². The van der Waals surface area contributed by atoms with E-state index in [9.17, 15) is 0 Å². The average molecular weight is 731 g/mol. The topological polar surface area (TPSA) is 51.6 Å². The molecule has 0 radical (unpaired) electrons. The van der Waals surface area contributed by atoms with E-state index >= 15 is 0 Å². The molecule has 4 aromatic heterocycles. The number of thiazole rings is 1. The fourth-order valence-corrected chi connectivity index (χ4v) is 10.8. The van der Waals surface area contributed by atoms with Gasteiger partial charge in [-0.25, -0.2) is 19.9 Å². The van der Waals surface area contributed by atoms with Crippen LogP contribution in [0.3, 0.4) is 0 Å². The molecule has 0 bridgehead atoms. The highest BCUT2D eigenvalue weighted by atomic mass is 32.1. The molecule has 0 aliphatic carbocycles. The monoisotopic (exact) mass is 730 g/mol. The van der Waals surface area contributed by atoms with Crippen LogP contribution in [0.4, 0.5) is 0 Å². The quantitative estimate of drug-likeness (QED) is 0.177. The highest BCUT2D eigenvalue weighted by molar-refractivity contribution is 7.26. The Hall–Kier alpha value is -6.12. The molecule has 248 valence electrons. The summed E-state index contributed by atoms with van der Waals surface area (Å²) in [5, 5.41) is 5.87. The number of hydrogen-bond acceptors (Lipinski definition) is 7. The highest BCUT2D eigenvalue weighted by Gasteiger charge is 2.20. The van der Waals surface area contributed by atoms with Gasteiger partial charge in [0.1, 0.15) is 5.01 Å². The van der Waals surface area contributed by atoms with E-state index in [0.29, 0.717) is 17.5 Å². The minimum Gasteiger partial charge on any atom is -0.236 e. The first-order chi connectivity index (χ1) is 26.2. The maximum atomic E-state index is 5.28. The first kappa shape index (κ1) is 30.5. The molecule has 0 saturated heterocycles. The Morgan fingerprint density at radius 3 is 1.75 bits per heavy atom. The summed E-state index contributed by atoms with van der Waals surface area (Å²) in [6, 6.07) is 55.5. The zero-order valence-electron chi connectivity index (χ0n) is 28.0. The Labute approximate surface area is 316 Å². The molecule has 0 fully saturated rings. The standard InChI is InChI=1S/C46H26N4S3/c1-2-11-28(12-3-1)43-48-44(50-45(49-43)35-18-9-15-32-31-13-4-6-20-37(31)51-42(32)35)34-17-10-22-39-40(34)33-16-8-14-30(41(33)52-39)27-23-25-29(26-24-27)46-47-36-19-5-7-21-38(36)53-46/h1-26H. The van der Waals surface area contributed by atoms with Crippen molar-refractivity contribution < 1.29 is 0 Å². The second-order valence-electron chi connectivity index (χ2n) is 13.0. The van der Waals surface area contributed by atoms with Crippen LogP contribution in [0.1, 0.15) is 0 Å². The van der Waals surface area contributed by atoms with Gasteiger partial charge in [0, 0.05) is 62.6 Å². The highest BCUT2D eigenvalue weighted by Crippen LogP contribution is 2.45. The van der Waals surface area contributed by atoms with Gasteiger partial charge in [0.25, 0.3) is 0 Å². The molecular weight excluding hydrogens is 705 g/mol. The van der Waals surface area contributed by atoms with E-state index in [-0.39, 0.29) is 0 Å². The lowest BCUT2D eigenvalue weighted by molar-refractivity contribution is 1.08. The number of rotatable bonds is 5. The maximum absolute atomic E-state index is 5.28. The molecule has 0 atom stereocenters. The van der Waals surface area contributed by atoms with Gasteiger partial charge in [-0.15, -0.1) is 34.0 Å². The van der Waals surface area contributed by atoms with E-state index in [2.05, 4.69) is 133 Å². The lowest BCUT2D eigenvalue weighted by Gasteiger charge is -2.10. The fourth-order valence-electron chi connectivity index (χ4n) is 7.31. The van der Waals surface area contributed by atoms with Crippen molar-refractivity contribution in [2.75, 3.05) is 0 Å². The van der Waals surface area contributed by atoms with Crippen LogP contribution in [0.15, 0.2) is 158 Å². The normalized spacial score (nSPS) is 11.8. The van der Waals surface area contributed by atoms with Gasteiger partial charge in [-0.05, 0) is 41.5 Å². The van der Waals surface area contributed by atoms with Crippen molar-refractivity contribution in [1.29, 1.82) is 0 Å². The molecule has 4 nitrogen and oxygen atoms in total. The number of para-hydroxylation sites is 1. The third-order valence-electron chi connectivity index (χ3n) is 9.81. The summed E-state index contributed by atoms with van der Waals surface area (Å²) < 4.78 is 6.09. The Bertz CT molecular complexity index is 3140. The van der Waals surface area contributed by atoms with Crippen molar-refractivity contribution in [1.82, 2.24) is 19.9 Å². The van der Waals surface area contributed by atoms with Crippen LogP contribution < -0.4 is 0 Å². The molecule has 0 amide bonds. The SMILES string of the molecule is c1ccc(-c2nc(-c3cccc4c3sc3ccccc34)nc(-c3cccc4sc5c(-c6ccc(-c7nc8ccccc8s7)cc6)cccc5c34)n2)cc1. The van der Waals surface area contributed by atoms with Gasteiger partial charge in [-0.3, -0.25) is 0 Å². The van der Waals surface area contributed by atoms with E-state index in [0.717, 1.165) is 38.2 Å². The van der Waals surface area contributed by atoms with Crippen molar-refractivity contribution in [2.45, 2.75) is 0 Å². The minimum absolute atomic E-state index is 0.661. The van der Waals surface area contributed by atoms with Gasteiger partial charge < -0.3 is 0 Å². The lowest BCUT2D eigenvalue weighted by Crippen LogP contribution is -2.00. The summed E-state index contributed by atoms with van der Waals surface area (Å²) in [7, 11) is 0. The summed E-state index contributed by atoms with van der Waals surface area (Å²) in [5.41, 5.74) is 7.54. The van der Waals surface area contributed by atoms with Crippen molar-refractivity contribution in [2.24, 2.45) is 0 Å². The largest absolute Gasteiger partial charge is 0.236 e. The molecule has 4 heterocycles. The van der Waals surface area contributed by atoms with Gasteiger partial charge in [0.15, 0.2) is 17.5 Å². The molecule has 7 heteroatoms. The maximum Gasteiger partial charge on any atom is 0.165 e. The number of nitrogens with zero attached hydrogens (tertiary/aromatic N) is 4. The van der Waals surface area contributed by atoms with Crippen LogP contribution >= 0.6 is 34.0 Å². The molecule has 0 unspecified atom stereocenters. The first-order valence-corrected chi connectivity index (χ1v) is 19.8. The first-order valence-electron chi connectivity index (χ1n) is 17.4. The Morgan fingerprint density at radius 1 is 0.321 bits per heavy atom. The summed E-state index contributed by atoms with van der Waals surface area (Å²) in [5.74, 6) is 2.01. The number of thiophene rings is 2. The third kappa shape index (κ3) is 5.08. The van der Waals surface area contributed by atoms with Crippen LogP contribution in [0.5, 0.6) is 0 Å². The van der Waals surface area contributed by atoms with E-state index in [1.807, 2.05) is 35.6 Å². The van der Waals surface area contributed by atoms with Gasteiger partial charge in [0.05, 0.1) is 10.2 Å². The molecule has 0 spiro atoms. The number of hydrogen-bond donors (Lipinski definition) is 0. The second kappa shape index (κ2) is 12.2. The Kier molecular flexibility index (Phi) is 7.05. The third-order valence-corrected chi connectivity index (χ3v) is 13.3. The smallest absolute Gasteiger partial charge is 0.165 e. The summed E-state index contributed by atoms with van der Waals surface area (Å²) in [6.45, 7) is 0. The van der Waals surface area contributed by atoms with E-state index < -0.39 is 0 Å². The Morgan fingerprint density at radius 2 is 0.906 bits per heavy atom. The summed E-state index contributed by atoms with van der Waals surface area (Å²) in [6.07, 6.45) is 0. The van der Waals surface area contributed by atoms with Gasteiger partial charge in [-0.1, -0.05) is 127 Å². The zero-order valence-corrected chi connectivity index (χ0v) is 30.5. The van der Waals surface area contributed by atoms with Crippen LogP contribution in [0.25, 0.3) is 106 Å². The van der Waals surface area contributed by atoms with Crippen molar-refractivity contribution >= 4 is 84.6 Å². The predicted molar refractivity (Wildman–Crippen MR) is 226 cm³/mol. The number of benzene rings is 7. The van der Waals surface area contributed by atoms with Gasteiger partial charge in [0.2, 0.25) is 0 Å². The Balaban J connectivity index is 1.08. The molecule has 11 aromatic rings. The molecule has 53 heavy (non-hydrogen) atoms. The second-order valence-corrected chi connectivity index (χ2v) is 16.1. The zero-order chi connectivity index (χ0) is 34.9. The lowest BCUT2D eigenvalue weighted by atomic mass is 9.99. The summed E-state index contributed by atoms with van der Waals surface area (Å²) in [4.78, 5) is 20.5.